The van der Waals surface area contributed by atoms with Crippen LogP contribution in [0.25, 0.3) is 0 Å². The normalized spacial score (nSPS) is 11.6. The molecule has 0 spiro atoms. The van der Waals surface area contributed by atoms with Gasteiger partial charge < -0.3 is 0 Å². The molecule has 6 heteroatoms. The highest BCUT2D eigenvalue weighted by Crippen LogP contribution is 2.13. The summed E-state index contributed by atoms with van der Waals surface area (Å²) in [6, 6.07) is 2.43. The Bertz CT molecular complexity index is 431. The standard InChI is InChI=1S/C8H9F2NO2S/c1-2-11-14(12,13)6-3-4-7(9)8(10)5-6/h3-5,11H,2H2,1H3. The molecule has 0 saturated carbocycles. The molecule has 0 bridgehead atoms. The first kappa shape index (κ1) is 11.1. The van der Waals surface area contributed by atoms with Gasteiger partial charge in [-0.3, -0.25) is 0 Å². The predicted octanol–water partition coefficient (Wildman–Crippen LogP) is 1.26. The second-order valence-corrected chi connectivity index (χ2v) is 4.34. The maximum atomic E-state index is 12.7. The molecule has 1 aromatic rings. The van der Waals surface area contributed by atoms with Crippen LogP contribution >= 0.6 is 0 Å². The third kappa shape index (κ3) is 2.27. The van der Waals surface area contributed by atoms with Gasteiger partial charge in [-0.05, 0) is 18.2 Å². The summed E-state index contributed by atoms with van der Waals surface area (Å²) in [6.07, 6.45) is 0. The molecule has 0 aliphatic carbocycles. The van der Waals surface area contributed by atoms with Crippen molar-refractivity contribution in [3.63, 3.8) is 0 Å². The zero-order valence-corrected chi connectivity index (χ0v) is 8.24. The summed E-state index contributed by atoms with van der Waals surface area (Å²) in [6.45, 7) is 1.79. The largest absolute Gasteiger partial charge is 0.240 e. The summed E-state index contributed by atoms with van der Waals surface area (Å²) in [5.41, 5.74) is 0. The van der Waals surface area contributed by atoms with E-state index in [-0.39, 0.29) is 11.4 Å². The van der Waals surface area contributed by atoms with E-state index in [1.165, 1.54) is 0 Å². The van der Waals surface area contributed by atoms with Crippen molar-refractivity contribution in [1.82, 2.24) is 4.72 Å². The van der Waals surface area contributed by atoms with Crippen molar-refractivity contribution in [2.75, 3.05) is 6.54 Å². The molecule has 0 aliphatic rings. The molecule has 0 aromatic heterocycles. The third-order valence-electron chi connectivity index (χ3n) is 1.54. The minimum atomic E-state index is -3.71. The van der Waals surface area contributed by atoms with Gasteiger partial charge in [0, 0.05) is 6.54 Å². The van der Waals surface area contributed by atoms with Crippen molar-refractivity contribution in [2.24, 2.45) is 0 Å². The zero-order valence-electron chi connectivity index (χ0n) is 7.42. The monoisotopic (exact) mass is 221 g/mol. The van der Waals surface area contributed by atoms with Crippen LogP contribution in [0.2, 0.25) is 0 Å². The summed E-state index contributed by atoms with van der Waals surface area (Å²) in [7, 11) is -3.71. The van der Waals surface area contributed by atoms with Crippen LogP contribution in [0, 0.1) is 11.6 Å². The molecule has 0 fully saturated rings. The first-order valence-corrected chi connectivity index (χ1v) is 5.40. The topological polar surface area (TPSA) is 46.2 Å². The van der Waals surface area contributed by atoms with Gasteiger partial charge in [-0.1, -0.05) is 6.92 Å². The fourth-order valence-electron chi connectivity index (χ4n) is 0.917. The van der Waals surface area contributed by atoms with Gasteiger partial charge in [-0.15, -0.1) is 0 Å². The molecule has 0 unspecified atom stereocenters. The Labute approximate surface area is 80.8 Å². The van der Waals surface area contributed by atoms with E-state index in [1.807, 2.05) is 0 Å². The molecule has 0 saturated heterocycles. The number of halogens is 2. The van der Waals surface area contributed by atoms with Crippen molar-refractivity contribution < 1.29 is 17.2 Å². The lowest BCUT2D eigenvalue weighted by Crippen LogP contribution is -2.23. The third-order valence-corrected chi connectivity index (χ3v) is 3.08. The van der Waals surface area contributed by atoms with Crippen LogP contribution in [-0.4, -0.2) is 15.0 Å². The quantitative estimate of drug-likeness (QED) is 0.835. The Morgan fingerprint density at radius 3 is 2.43 bits per heavy atom. The van der Waals surface area contributed by atoms with Crippen LogP contribution in [0.4, 0.5) is 8.78 Å². The van der Waals surface area contributed by atoms with Crippen LogP contribution in [0.15, 0.2) is 23.1 Å². The van der Waals surface area contributed by atoms with Crippen LogP contribution in [0.5, 0.6) is 0 Å². The Kier molecular flexibility index (Phi) is 3.17. The number of benzene rings is 1. The molecule has 0 aliphatic heterocycles. The van der Waals surface area contributed by atoms with Gasteiger partial charge in [0.2, 0.25) is 10.0 Å². The van der Waals surface area contributed by atoms with Crippen LogP contribution in [0.1, 0.15) is 6.92 Å². The lowest BCUT2D eigenvalue weighted by atomic mass is 10.3. The molecular weight excluding hydrogens is 212 g/mol. The summed E-state index contributed by atoms with van der Waals surface area (Å²) in [4.78, 5) is -0.279. The first-order chi connectivity index (χ1) is 6.47. The first-order valence-electron chi connectivity index (χ1n) is 3.92. The number of hydrogen-bond donors (Lipinski definition) is 1. The number of sulfonamides is 1. The molecule has 0 heterocycles. The molecule has 3 nitrogen and oxygen atoms in total. The lowest BCUT2D eigenvalue weighted by molar-refractivity contribution is 0.504. The molecule has 0 amide bonds. The highest BCUT2D eigenvalue weighted by molar-refractivity contribution is 7.89. The Morgan fingerprint density at radius 2 is 1.93 bits per heavy atom. The number of nitrogens with one attached hydrogen (secondary N) is 1. The average molecular weight is 221 g/mol. The van der Waals surface area contributed by atoms with Crippen molar-refractivity contribution in [3.05, 3.63) is 29.8 Å². The molecule has 0 atom stereocenters. The second-order valence-electron chi connectivity index (χ2n) is 2.58. The minimum absolute atomic E-state index is 0.196. The van der Waals surface area contributed by atoms with E-state index in [0.29, 0.717) is 6.07 Å². The molecule has 1 N–H and O–H groups in total. The molecule has 1 rings (SSSR count). The van der Waals surface area contributed by atoms with E-state index in [4.69, 9.17) is 0 Å². The van der Waals surface area contributed by atoms with Gasteiger partial charge in [-0.25, -0.2) is 21.9 Å². The lowest BCUT2D eigenvalue weighted by Gasteiger charge is -2.04. The number of hydrogen-bond acceptors (Lipinski definition) is 2. The SMILES string of the molecule is CCNS(=O)(=O)c1ccc(F)c(F)c1. The van der Waals surface area contributed by atoms with E-state index < -0.39 is 21.7 Å². The van der Waals surface area contributed by atoms with E-state index in [9.17, 15) is 17.2 Å². The molecular formula is C8H9F2NO2S. The molecule has 0 radical (unpaired) electrons. The van der Waals surface area contributed by atoms with E-state index >= 15 is 0 Å². The van der Waals surface area contributed by atoms with Crippen molar-refractivity contribution >= 4 is 10.0 Å². The average Bonchev–Trinajstić information content (AvgIpc) is 2.09. The van der Waals surface area contributed by atoms with E-state index in [1.54, 1.807) is 6.92 Å². The molecule has 1 aromatic carbocycles. The summed E-state index contributed by atoms with van der Waals surface area (Å²) >= 11 is 0. The zero-order chi connectivity index (χ0) is 10.8. The van der Waals surface area contributed by atoms with Gasteiger partial charge >= 0.3 is 0 Å². The fraction of sp³-hybridized carbons (Fsp3) is 0.250. The van der Waals surface area contributed by atoms with Crippen LogP contribution in [0.3, 0.4) is 0 Å². The predicted molar refractivity (Wildman–Crippen MR) is 47.2 cm³/mol. The summed E-state index contributed by atoms with van der Waals surface area (Å²) < 4.78 is 49.9. The van der Waals surface area contributed by atoms with E-state index in [0.717, 1.165) is 12.1 Å². The van der Waals surface area contributed by atoms with Crippen LogP contribution in [-0.2, 0) is 10.0 Å². The summed E-state index contributed by atoms with van der Waals surface area (Å²) in [5, 5.41) is 0. The van der Waals surface area contributed by atoms with Gasteiger partial charge in [0.25, 0.3) is 0 Å². The van der Waals surface area contributed by atoms with Crippen molar-refractivity contribution in [3.8, 4) is 0 Å². The van der Waals surface area contributed by atoms with Gasteiger partial charge in [0.05, 0.1) is 4.90 Å². The van der Waals surface area contributed by atoms with Gasteiger partial charge in [0.1, 0.15) is 0 Å². The Morgan fingerprint density at radius 1 is 1.29 bits per heavy atom. The van der Waals surface area contributed by atoms with E-state index in [2.05, 4.69) is 4.72 Å². The maximum Gasteiger partial charge on any atom is 0.240 e. The van der Waals surface area contributed by atoms with Crippen molar-refractivity contribution in [1.29, 1.82) is 0 Å². The highest BCUT2D eigenvalue weighted by atomic mass is 32.2. The molecule has 14 heavy (non-hydrogen) atoms. The van der Waals surface area contributed by atoms with Gasteiger partial charge in [0.15, 0.2) is 11.6 Å². The van der Waals surface area contributed by atoms with Gasteiger partial charge in [-0.2, -0.15) is 0 Å². The highest BCUT2D eigenvalue weighted by Gasteiger charge is 2.14. The summed E-state index contributed by atoms with van der Waals surface area (Å²) in [5.74, 6) is -2.25. The minimum Gasteiger partial charge on any atom is -0.211 e. The molecule has 78 valence electrons. The smallest absolute Gasteiger partial charge is 0.211 e. The van der Waals surface area contributed by atoms with Crippen LogP contribution < -0.4 is 4.72 Å². The second kappa shape index (κ2) is 4.02. The Balaban J connectivity index is 3.15. The Hall–Kier alpha value is -1.01. The fourth-order valence-corrected chi connectivity index (χ4v) is 1.97. The number of rotatable bonds is 3. The van der Waals surface area contributed by atoms with Crippen molar-refractivity contribution in [2.45, 2.75) is 11.8 Å². The maximum absolute atomic E-state index is 12.7.